The van der Waals surface area contributed by atoms with E-state index in [4.69, 9.17) is 22.9 Å². The number of carboxylic acid groups (broad SMARTS) is 1. The van der Waals surface area contributed by atoms with Gasteiger partial charge >= 0.3 is 5.97 Å². The lowest BCUT2D eigenvalue weighted by atomic mass is 9.92. The maximum atomic E-state index is 14.3. The van der Waals surface area contributed by atoms with Gasteiger partial charge in [-0.25, -0.2) is 26.5 Å². The van der Waals surface area contributed by atoms with Gasteiger partial charge in [0.25, 0.3) is 0 Å². The van der Waals surface area contributed by atoms with Crippen molar-refractivity contribution < 1.29 is 48.9 Å². The first-order chi connectivity index (χ1) is 30.8. The number of nitrogens with one attached hydrogen (secondary N) is 8. The molecule has 22 nitrogen and oxygen atoms in total. The number of Topliss-reactive ketones (excluding diaryl/α,β-unsaturated/α-hetero) is 4. The van der Waals surface area contributed by atoms with Gasteiger partial charge in [0.05, 0.1) is 42.9 Å². The molecule has 1 rings (SSSR count). The molecule has 0 aromatic heterocycles. The number of aliphatic hydroxyl groups is 1. The molecule has 0 unspecified atom stereocenters. The Kier molecular flexibility index (Phi) is 29.2. The van der Waals surface area contributed by atoms with Crippen molar-refractivity contribution in [3.8, 4) is 5.75 Å². The smallest absolute Gasteiger partial charge is 0.328 e. The molecule has 0 saturated carbocycles. The van der Waals surface area contributed by atoms with Crippen molar-refractivity contribution in [2.24, 2.45) is 34.8 Å². The van der Waals surface area contributed by atoms with E-state index in [1.807, 2.05) is 27.7 Å². The zero-order valence-corrected chi connectivity index (χ0v) is 38.7. The van der Waals surface area contributed by atoms with Crippen LogP contribution in [0.5, 0.6) is 5.75 Å². The van der Waals surface area contributed by atoms with Gasteiger partial charge in [0.15, 0.2) is 0 Å². The summed E-state index contributed by atoms with van der Waals surface area (Å²) < 4.78 is 0. The van der Waals surface area contributed by atoms with Crippen molar-refractivity contribution >= 4 is 40.9 Å². The lowest BCUT2D eigenvalue weighted by Crippen LogP contribution is -2.61. The van der Waals surface area contributed by atoms with Crippen molar-refractivity contribution in [3.05, 3.63) is 29.8 Å². The van der Waals surface area contributed by atoms with E-state index in [0.717, 1.165) is 0 Å². The second kappa shape index (κ2) is 32.4. The number of benzene rings is 1. The number of likely N-dealkylation sites (N-methyl/N-ethyl adjacent to an activating group) is 1. The van der Waals surface area contributed by atoms with Crippen molar-refractivity contribution in [2.75, 3.05) is 33.3 Å². The first-order valence-corrected chi connectivity index (χ1v) is 22.5. The number of aliphatic carboxylic acids is 1. The van der Waals surface area contributed by atoms with E-state index in [9.17, 15) is 48.9 Å². The average molecular weight is 923 g/mol. The number of aromatic hydroxyl groups is 1. The van der Waals surface area contributed by atoms with E-state index in [0.29, 0.717) is 44.2 Å². The zero-order chi connectivity index (χ0) is 49.1. The molecule has 22 heteroatoms. The van der Waals surface area contributed by atoms with Crippen LogP contribution < -0.4 is 65.9 Å². The van der Waals surface area contributed by atoms with Crippen molar-refractivity contribution in [1.29, 1.82) is 0 Å². The molecule has 0 heterocycles. The van der Waals surface area contributed by atoms with Gasteiger partial charge in [0, 0.05) is 0 Å². The van der Waals surface area contributed by atoms with Crippen molar-refractivity contribution in [1.82, 2.24) is 43.0 Å². The molecule has 0 fully saturated rings. The fourth-order valence-corrected chi connectivity index (χ4v) is 6.79. The Morgan fingerprint density at radius 2 is 1.02 bits per heavy atom. The molecule has 65 heavy (non-hydrogen) atoms. The summed E-state index contributed by atoms with van der Waals surface area (Å²) in [6.07, 6.45) is 2.14. The number of unbranched alkanes of at least 4 members (excludes halogenated alkanes) is 2. The molecular formula is C43H78N12O10. The fraction of sp³-hybridized carbons (Fsp3) is 0.698. The molecule has 7 atom stereocenters. The summed E-state index contributed by atoms with van der Waals surface area (Å²) in [4.78, 5) is 94.8. The number of phenols is 1. The molecule has 2 amide bonds. The standard InChI is InChI=1S/C43H78N12O10/c1-25(2)21-32(48-5)37(59)38(60)33(22-26(3)4)54-52-30(12-7-9-19-45)40(62)50-29(11-6-8-18-44)36(58)39(61)34(23-27-14-16-28(57)17-15-27)55-53-31(13-10-20-49-43(46)47)41(63)51-35(24-56)42(64)65/h14-17,25-26,29-35,43,48-49,52-57H,6-13,18-24,44-47H2,1-5H3,(H,50,62)(H,51,63)(H,64,65)/t29-,30-,31-,32-,33-,34-,35-/m0/s1. The number of carbonyl (C=O) groups excluding carboxylic acids is 6. The highest BCUT2D eigenvalue weighted by Crippen LogP contribution is 2.15. The number of nitrogens with two attached hydrogens (primary N) is 4. The lowest BCUT2D eigenvalue weighted by molar-refractivity contribution is -0.143. The molecule has 1 aromatic rings. The molecule has 1 aromatic carbocycles. The lowest BCUT2D eigenvalue weighted by Gasteiger charge is -2.28. The van der Waals surface area contributed by atoms with E-state index >= 15 is 0 Å². The Hall–Kier alpha value is -4.33. The predicted octanol–water partition coefficient (Wildman–Crippen LogP) is -2.57. The second-order valence-corrected chi connectivity index (χ2v) is 17.0. The number of hydrogen-bond donors (Lipinski definition) is 15. The maximum Gasteiger partial charge on any atom is 0.328 e. The number of carbonyl (C=O) groups is 7. The number of phenolic OH excluding ortho intramolecular Hbond substituents is 1. The van der Waals surface area contributed by atoms with Gasteiger partial charge in [0.1, 0.15) is 18.1 Å². The highest BCUT2D eigenvalue weighted by atomic mass is 16.4. The quantitative estimate of drug-likeness (QED) is 0.0140. The number of ketones is 4. The van der Waals surface area contributed by atoms with Gasteiger partial charge < -0.3 is 54.2 Å². The summed E-state index contributed by atoms with van der Waals surface area (Å²) in [6, 6.07) is -2.45. The van der Waals surface area contributed by atoms with Crippen LogP contribution in [0.15, 0.2) is 24.3 Å². The van der Waals surface area contributed by atoms with Gasteiger partial charge in [-0.3, -0.25) is 34.1 Å². The molecule has 0 aliphatic heterocycles. The van der Waals surface area contributed by atoms with Crippen LogP contribution in [0.25, 0.3) is 0 Å². The van der Waals surface area contributed by atoms with Crippen molar-refractivity contribution in [2.45, 2.75) is 147 Å². The van der Waals surface area contributed by atoms with Crippen LogP contribution in [-0.4, -0.2) is 138 Å². The molecule has 0 aliphatic carbocycles. The van der Waals surface area contributed by atoms with E-state index in [-0.39, 0.29) is 69.2 Å². The fourth-order valence-electron chi connectivity index (χ4n) is 6.79. The van der Waals surface area contributed by atoms with Crippen LogP contribution in [-0.2, 0) is 40.0 Å². The normalized spacial score (nSPS) is 14.9. The average Bonchev–Trinajstić information content (AvgIpc) is 3.26. The number of hydrogen-bond acceptors (Lipinski definition) is 19. The van der Waals surface area contributed by atoms with Crippen LogP contribution in [0.3, 0.4) is 0 Å². The minimum atomic E-state index is -1.63. The summed E-state index contributed by atoms with van der Waals surface area (Å²) in [5.74, 6) is -6.11. The number of amides is 2. The molecule has 0 radical (unpaired) electrons. The maximum absolute atomic E-state index is 14.3. The summed E-state index contributed by atoms with van der Waals surface area (Å²) in [5, 5.41) is 39.6. The van der Waals surface area contributed by atoms with Crippen LogP contribution in [0.2, 0.25) is 0 Å². The Morgan fingerprint density at radius 1 is 0.585 bits per heavy atom. The van der Waals surface area contributed by atoms with Crippen LogP contribution in [0, 0.1) is 11.8 Å². The molecule has 0 saturated heterocycles. The molecular weight excluding hydrogens is 845 g/mol. The summed E-state index contributed by atoms with van der Waals surface area (Å²) in [5.41, 5.74) is 34.6. The van der Waals surface area contributed by atoms with Gasteiger partial charge in [-0.15, -0.1) is 0 Å². The summed E-state index contributed by atoms with van der Waals surface area (Å²) in [6.45, 7) is 7.65. The van der Waals surface area contributed by atoms with Crippen LogP contribution in [0.4, 0.5) is 0 Å². The third-order valence-corrected chi connectivity index (χ3v) is 10.4. The monoisotopic (exact) mass is 923 g/mol. The van der Waals surface area contributed by atoms with Crippen molar-refractivity contribution in [3.63, 3.8) is 0 Å². The summed E-state index contributed by atoms with van der Waals surface area (Å²) in [7, 11) is 1.62. The van der Waals surface area contributed by atoms with Gasteiger partial charge in [-0.2, -0.15) is 0 Å². The zero-order valence-electron chi connectivity index (χ0n) is 38.7. The molecule has 0 aliphatic rings. The first-order valence-electron chi connectivity index (χ1n) is 22.5. The Balaban J connectivity index is 3.55. The van der Waals surface area contributed by atoms with E-state index in [2.05, 4.69) is 43.0 Å². The third-order valence-electron chi connectivity index (χ3n) is 10.4. The highest BCUT2D eigenvalue weighted by molar-refractivity contribution is 6.41. The largest absolute Gasteiger partial charge is 0.508 e. The van der Waals surface area contributed by atoms with Gasteiger partial charge in [-0.05, 0) is 120 Å². The number of carboxylic acids is 1. The number of rotatable bonds is 38. The number of aliphatic hydroxyl groups excluding tert-OH is 1. The topological polar surface area (TPSA) is 380 Å². The number of hydrazine groups is 2. The highest BCUT2D eigenvalue weighted by Gasteiger charge is 2.36. The van der Waals surface area contributed by atoms with E-state index < -0.39 is 96.1 Å². The van der Waals surface area contributed by atoms with Crippen LogP contribution in [0.1, 0.15) is 97.5 Å². The molecule has 0 spiro atoms. The minimum Gasteiger partial charge on any atom is -0.508 e. The Morgan fingerprint density at radius 3 is 1.49 bits per heavy atom. The molecule has 0 bridgehead atoms. The predicted molar refractivity (Wildman–Crippen MR) is 245 cm³/mol. The molecule has 19 N–H and O–H groups in total. The van der Waals surface area contributed by atoms with Crippen LogP contribution >= 0.6 is 0 Å². The second-order valence-electron chi connectivity index (χ2n) is 17.0. The third kappa shape index (κ3) is 23.1. The SMILES string of the molecule is CN[C@@H](CC(C)C)C(=O)C(=O)[C@H](CC(C)C)NN[C@@H](CCCCN)C(=O)N[C@@H](CCCCN)C(=O)C(=O)[C@H](Cc1ccc(O)cc1)NN[C@@H](CCCNC(N)N)C(=O)N[C@@H](CO)C(=O)O. The summed E-state index contributed by atoms with van der Waals surface area (Å²) >= 11 is 0. The van der Waals surface area contributed by atoms with E-state index in [1.54, 1.807) is 7.05 Å². The van der Waals surface area contributed by atoms with Gasteiger partial charge in [-0.1, -0.05) is 46.2 Å². The molecule has 370 valence electrons. The Bertz CT molecular complexity index is 1620. The van der Waals surface area contributed by atoms with E-state index in [1.165, 1.54) is 24.3 Å². The first kappa shape index (κ1) is 58.7. The Labute approximate surface area is 382 Å². The minimum absolute atomic E-state index is 0.0131. The van der Waals surface area contributed by atoms with Gasteiger partial charge in [0.2, 0.25) is 34.9 Å².